The Kier molecular flexibility index (Phi) is 5.60. The lowest BCUT2D eigenvalue weighted by atomic mass is 9.76. The van der Waals surface area contributed by atoms with E-state index in [4.69, 9.17) is 9.47 Å². The van der Waals surface area contributed by atoms with E-state index in [1.807, 2.05) is 4.90 Å². The van der Waals surface area contributed by atoms with E-state index in [9.17, 15) is 4.79 Å². The maximum absolute atomic E-state index is 11.6. The molecule has 23 heavy (non-hydrogen) atoms. The molecule has 3 rings (SSSR count). The highest BCUT2D eigenvalue weighted by Crippen LogP contribution is 2.43. The van der Waals surface area contributed by atoms with Gasteiger partial charge >= 0.3 is 0 Å². The number of carbonyl (C=O) groups excluding carboxylic acids is 1. The van der Waals surface area contributed by atoms with Gasteiger partial charge in [0.2, 0.25) is 5.91 Å². The van der Waals surface area contributed by atoms with Gasteiger partial charge < -0.3 is 14.4 Å². The van der Waals surface area contributed by atoms with Crippen LogP contribution in [0.2, 0.25) is 0 Å². The third-order valence-electron chi connectivity index (χ3n) is 5.94. The summed E-state index contributed by atoms with van der Waals surface area (Å²) in [6.45, 7) is 8.25. The van der Waals surface area contributed by atoms with Gasteiger partial charge in [0.15, 0.2) is 0 Å². The lowest BCUT2D eigenvalue weighted by molar-refractivity contribution is -0.131. The molecular weight excluding hydrogens is 292 g/mol. The lowest BCUT2D eigenvalue weighted by Gasteiger charge is -2.39. The number of hydrogen-bond donors (Lipinski definition) is 0. The predicted octanol–water partition coefficient (Wildman–Crippen LogP) is 1.76. The smallest absolute Gasteiger partial charge is 0.219 e. The van der Waals surface area contributed by atoms with Crippen molar-refractivity contribution in [2.75, 3.05) is 53.1 Å². The summed E-state index contributed by atoms with van der Waals surface area (Å²) in [7, 11) is 1.77. The summed E-state index contributed by atoms with van der Waals surface area (Å²) in [5.74, 6) is 1.05. The molecule has 5 nitrogen and oxygen atoms in total. The van der Waals surface area contributed by atoms with E-state index >= 15 is 0 Å². The average molecular weight is 324 g/mol. The number of rotatable bonds is 7. The van der Waals surface area contributed by atoms with Gasteiger partial charge in [-0.1, -0.05) is 0 Å². The predicted molar refractivity (Wildman–Crippen MR) is 89.3 cm³/mol. The van der Waals surface area contributed by atoms with Crippen LogP contribution in [0.4, 0.5) is 0 Å². The Bertz CT molecular complexity index is 403. The highest BCUT2D eigenvalue weighted by atomic mass is 16.5. The van der Waals surface area contributed by atoms with E-state index in [2.05, 4.69) is 4.90 Å². The molecule has 2 heterocycles. The van der Waals surface area contributed by atoms with Crippen molar-refractivity contribution in [2.45, 2.75) is 45.1 Å². The molecule has 0 radical (unpaired) electrons. The number of hydrogen-bond acceptors (Lipinski definition) is 4. The molecule has 1 spiro atoms. The molecule has 0 N–H and O–H groups in total. The molecule has 3 aliphatic rings. The van der Waals surface area contributed by atoms with Crippen molar-refractivity contribution in [1.82, 2.24) is 9.80 Å². The van der Waals surface area contributed by atoms with Gasteiger partial charge in [0.25, 0.3) is 0 Å². The molecular formula is C18H32N2O3. The third-order valence-corrected chi connectivity index (χ3v) is 5.94. The van der Waals surface area contributed by atoms with Gasteiger partial charge in [-0.3, -0.25) is 9.69 Å². The zero-order valence-electron chi connectivity index (χ0n) is 14.8. The van der Waals surface area contributed by atoms with Crippen LogP contribution >= 0.6 is 0 Å². The van der Waals surface area contributed by atoms with E-state index in [-0.39, 0.29) is 5.91 Å². The molecule has 0 bridgehead atoms. The molecule has 132 valence electrons. The number of nitrogens with zero attached hydrogens (tertiary/aromatic N) is 2. The van der Waals surface area contributed by atoms with Gasteiger partial charge in [0, 0.05) is 52.9 Å². The molecule has 1 saturated carbocycles. The number of methoxy groups -OCH3 is 1. The lowest BCUT2D eigenvalue weighted by Crippen LogP contribution is -2.43. The van der Waals surface area contributed by atoms with Gasteiger partial charge in [-0.05, 0) is 43.4 Å². The number of likely N-dealkylation sites (tertiary alicyclic amines) is 2. The van der Waals surface area contributed by atoms with Crippen LogP contribution in [0.3, 0.4) is 0 Å². The first-order chi connectivity index (χ1) is 11.1. The summed E-state index contributed by atoms with van der Waals surface area (Å²) < 4.78 is 11.3. The van der Waals surface area contributed by atoms with Crippen LogP contribution in [-0.2, 0) is 14.3 Å². The fourth-order valence-corrected chi connectivity index (χ4v) is 4.20. The van der Waals surface area contributed by atoms with Crippen LogP contribution in [0, 0.1) is 11.3 Å². The molecule has 0 aromatic carbocycles. The Morgan fingerprint density at radius 3 is 2.57 bits per heavy atom. The standard InChI is InChI=1S/C18H32N2O3/c1-15(21)19-7-5-18(6-8-19)11-17(13-23-12-16-3-4-16)20(14-18)9-10-22-2/h16-17H,3-14H2,1-2H3/t17-/m1/s1. The molecule has 0 aromatic heterocycles. The molecule has 1 atom stereocenters. The summed E-state index contributed by atoms with van der Waals surface area (Å²) in [6, 6.07) is 0.521. The fraction of sp³-hybridized carbons (Fsp3) is 0.944. The van der Waals surface area contributed by atoms with Gasteiger partial charge in [0.1, 0.15) is 0 Å². The Labute approximate surface area is 140 Å². The topological polar surface area (TPSA) is 42.0 Å². The number of piperidine rings is 1. The summed E-state index contributed by atoms with van der Waals surface area (Å²) in [5.41, 5.74) is 0.382. The summed E-state index contributed by atoms with van der Waals surface area (Å²) >= 11 is 0. The van der Waals surface area contributed by atoms with Gasteiger partial charge in [-0.15, -0.1) is 0 Å². The number of amides is 1. The summed E-state index contributed by atoms with van der Waals surface area (Å²) in [4.78, 5) is 16.1. The Balaban J connectivity index is 1.53. The van der Waals surface area contributed by atoms with E-state index in [0.29, 0.717) is 11.5 Å². The van der Waals surface area contributed by atoms with Crippen molar-refractivity contribution in [1.29, 1.82) is 0 Å². The van der Waals surface area contributed by atoms with Crippen LogP contribution < -0.4 is 0 Å². The first-order valence-electron chi connectivity index (χ1n) is 9.18. The van der Waals surface area contributed by atoms with Crippen LogP contribution in [0.5, 0.6) is 0 Å². The first kappa shape index (κ1) is 17.2. The van der Waals surface area contributed by atoms with Crippen molar-refractivity contribution in [3.63, 3.8) is 0 Å². The second kappa shape index (κ2) is 7.49. The van der Waals surface area contributed by atoms with Crippen LogP contribution in [0.1, 0.15) is 39.0 Å². The molecule has 1 amide bonds. The maximum Gasteiger partial charge on any atom is 0.219 e. The molecule has 0 unspecified atom stereocenters. The van der Waals surface area contributed by atoms with Crippen molar-refractivity contribution >= 4 is 5.91 Å². The summed E-state index contributed by atoms with van der Waals surface area (Å²) in [5, 5.41) is 0. The van der Waals surface area contributed by atoms with Crippen LogP contribution in [0.25, 0.3) is 0 Å². The molecule has 2 saturated heterocycles. The van der Waals surface area contributed by atoms with E-state index in [1.54, 1.807) is 14.0 Å². The quantitative estimate of drug-likeness (QED) is 0.716. The zero-order chi connectivity index (χ0) is 16.3. The zero-order valence-corrected chi connectivity index (χ0v) is 14.8. The molecule has 1 aliphatic carbocycles. The Morgan fingerprint density at radius 2 is 1.96 bits per heavy atom. The van der Waals surface area contributed by atoms with Crippen molar-refractivity contribution in [3.05, 3.63) is 0 Å². The number of carbonyl (C=O) groups is 1. The minimum Gasteiger partial charge on any atom is -0.383 e. The highest BCUT2D eigenvalue weighted by Gasteiger charge is 2.45. The van der Waals surface area contributed by atoms with Crippen molar-refractivity contribution in [3.8, 4) is 0 Å². The fourth-order valence-electron chi connectivity index (χ4n) is 4.20. The molecule has 3 fully saturated rings. The van der Waals surface area contributed by atoms with Gasteiger partial charge in [-0.2, -0.15) is 0 Å². The normalized spacial score (nSPS) is 27.7. The molecule has 2 aliphatic heterocycles. The Hall–Kier alpha value is -0.650. The van der Waals surface area contributed by atoms with Gasteiger partial charge in [0.05, 0.1) is 13.2 Å². The summed E-state index contributed by atoms with van der Waals surface area (Å²) in [6.07, 6.45) is 6.18. The van der Waals surface area contributed by atoms with Gasteiger partial charge in [-0.25, -0.2) is 0 Å². The second-order valence-electron chi connectivity index (χ2n) is 7.81. The van der Waals surface area contributed by atoms with E-state index in [0.717, 1.165) is 64.8 Å². The molecule has 0 aromatic rings. The van der Waals surface area contributed by atoms with Crippen LogP contribution in [0.15, 0.2) is 0 Å². The minimum atomic E-state index is 0.221. The SMILES string of the molecule is COCCN1CC2(CCN(C(C)=O)CC2)C[C@@H]1COCC1CC1. The highest BCUT2D eigenvalue weighted by molar-refractivity contribution is 5.73. The van der Waals surface area contributed by atoms with E-state index in [1.165, 1.54) is 19.3 Å². The van der Waals surface area contributed by atoms with Crippen molar-refractivity contribution in [2.24, 2.45) is 11.3 Å². The number of ether oxygens (including phenoxy) is 2. The largest absolute Gasteiger partial charge is 0.383 e. The van der Waals surface area contributed by atoms with Crippen molar-refractivity contribution < 1.29 is 14.3 Å². The Morgan fingerprint density at radius 1 is 1.22 bits per heavy atom. The van der Waals surface area contributed by atoms with E-state index < -0.39 is 0 Å². The first-order valence-corrected chi connectivity index (χ1v) is 9.18. The van der Waals surface area contributed by atoms with Crippen LogP contribution in [-0.4, -0.2) is 74.9 Å². The molecule has 5 heteroatoms. The maximum atomic E-state index is 11.6. The second-order valence-corrected chi connectivity index (χ2v) is 7.81. The minimum absolute atomic E-state index is 0.221. The monoisotopic (exact) mass is 324 g/mol. The average Bonchev–Trinajstić information content (AvgIpc) is 3.29. The third kappa shape index (κ3) is 4.46.